The monoisotopic (exact) mass is 373 g/mol. The first-order chi connectivity index (χ1) is 13.1. The number of rotatable bonds is 6. The molecule has 1 unspecified atom stereocenters. The number of piperazine rings is 1. The summed E-state index contributed by atoms with van der Waals surface area (Å²) in [6.45, 7) is 5.42. The minimum absolute atomic E-state index is 0.0315. The Morgan fingerprint density at radius 3 is 2.52 bits per heavy atom. The number of likely N-dealkylation sites (N-methyl/N-ethyl adjacent to an activating group) is 1. The van der Waals surface area contributed by atoms with Crippen molar-refractivity contribution in [1.29, 1.82) is 0 Å². The fraction of sp³-hybridized carbons (Fsp3) is 0.619. The van der Waals surface area contributed by atoms with E-state index in [1.807, 2.05) is 30.0 Å². The Bertz CT molecular complexity index is 650. The zero-order chi connectivity index (χ0) is 19.2. The molecule has 0 aromatic heterocycles. The van der Waals surface area contributed by atoms with Gasteiger partial charge in [0.1, 0.15) is 5.75 Å². The van der Waals surface area contributed by atoms with Crippen LogP contribution in [0.1, 0.15) is 43.0 Å². The molecule has 0 spiro atoms. The number of hydrogen-bond donors (Lipinski definition) is 1. The summed E-state index contributed by atoms with van der Waals surface area (Å²) in [6.07, 6.45) is 4.69. The minimum Gasteiger partial charge on any atom is -0.497 e. The maximum absolute atomic E-state index is 12.8. The molecule has 1 saturated carbocycles. The third-order valence-corrected chi connectivity index (χ3v) is 5.78. The van der Waals surface area contributed by atoms with E-state index >= 15 is 0 Å². The summed E-state index contributed by atoms with van der Waals surface area (Å²) >= 11 is 0. The summed E-state index contributed by atoms with van der Waals surface area (Å²) in [5.41, 5.74) is 0.652. The molecule has 0 bridgehead atoms. The summed E-state index contributed by atoms with van der Waals surface area (Å²) in [4.78, 5) is 29.7. The molecule has 2 aliphatic rings. The lowest BCUT2D eigenvalue weighted by molar-refractivity contribution is -0.129. The summed E-state index contributed by atoms with van der Waals surface area (Å²) in [5.74, 6) is 1.31. The van der Waals surface area contributed by atoms with Crippen molar-refractivity contribution in [2.24, 2.45) is 5.92 Å². The Morgan fingerprint density at radius 1 is 1.19 bits per heavy atom. The number of nitrogens with zero attached hydrogens (tertiary/aromatic N) is 2. The molecule has 6 heteroatoms. The van der Waals surface area contributed by atoms with Crippen LogP contribution in [0.4, 0.5) is 0 Å². The second-order valence-electron chi connectivity index (χ2n) is 7.44. The zero-order valence-electron chi connectivity index (χ0n) is 16.4. The molecular formula is C21H31N3O3. The Hall–Kier alpha value is -2.08. The smallest absolute Gasteiger partial charge is 0.254 e. The van der Waals surface area contributed by atoms with Crippen LogP contribution in [0, 0.1) is 5.92 Å². The van der Waals surface area contributed by atoms with Gasteiger partial charge in [0, 0.05) is 38.3 Å². The molecule has 6 nitrogen and oxygen atoms in total. The average molecular weight is 373 g/mol. The van der Waals surface area contributed by atoms with E-state index in [0.29, 0.717) is 36.9 Å². The van der Waals surface area contributed by atoms with Crippen molar-refractivity contribution >= 4 is 11.8 Å². The van der Waals surface area contributed by atoms with E-state index in [4.69, 9.17) is 4.74 Å². The van der Waals surface area contributed by atoms with Crippen LogP contribution >= 0.6 is 0 Å². The van der Waals surface area contributed by atoms with Gasteiger partial charge in [-0.05, 0) is 43.9 Å². The first-order valence-corrected chi connectivity index (χ1v) is 10.1. The summed E-state index contributed by atoms with van der Waals surface area (Å²) in [7, 11) is 1.60. The highest BCUT2D eigenvalue weighted by Crippen LogP contribution is 2.31. The van der Waals surface area contributed by atoms with Gasteiger partial charge in [0.25, 0.3) is 5.91 Å². The van der Waals surface area contributed by atoms with Crippen LogP contribution in [0.2, 0.25) is 0 Å². The Balaban J connectivity index is 1.63. The highest BCUT2D eigenvalue weighted by molar-refractivity contribution is 5.94. The fourth-order valence-electron chi connectivity index (χ4n) is 4.37. The largest absolute Gasteiger partial charge is 0.497 e. The maximum Gasteiger partial charge on any atom is 0.254 e. The lowest BCUT2D eigenvalue weighted by atomic mass is 9.95. The predicted octanol–water partition coefficient (Wildman–Crippen LogP) is 2.15. The van der Waals surface area contributed by atoms with E-state index < -0.39 is 0 Å². The van der Waals surface area contributed by atoms with Crippen LogP contribution in [0.25, 0.3) is 0 Å². The lowest BCUT2D eigenvalue weighted by Gasteiger charge is -2.40. The second-order valence-corrected chi connectivity index (χ2v) is 7.44. The van der Waals surface area contributed by atoms with Gasteiger partial charge in [-0.1, -0.05) is 18.9 Å². The van der Waals surface area contributed by atoms with Crippen molar-refractivity contribution < 1.29 is 14.3 Å². The Labute approximate surface area is 161 Å². The van der Waals surface area contributed by atoms with Crippen molar-refractivity contribution in [2.45, 2.75) is 38.6 Å². The molecule has 1 aliphatic carbocycles. The van der Waals surface area contributed by atoms with Crippen LogP contribution in [-0.2, 0) is 4.79 Å². The summed E-state index contributed by atoms with van der Waals surface area (Å²) < 4.78 is 5.22. The number of nitrogens with one attached hydrogen (secondary N) is 1. The van der Waals surface area contributed by atoms with Gasteiger partial charge >= 0.3 is 0 Å². The van der Waals surface area contributed by atoms with Gasteiger partial charge in [-0.3, -0.25) is 14.5 Å². The summed E-state index contributed by atoms with van der Waals surface area (Å²) in [6, 6.07) is 7.24. The Morgan fingerprint density at radius 2 is 1.89 bits per heavy atom. The minimum atomic E-state index is -0.0541. The molecular weight excluding hydrogens is 342 g/mol. The normalized spacial score (nSPS) is 19.7. The maximum atomic E-state index is 12.8. The average Bonchev–Trinajstić information content (AvgIpc) is 3.22. The number of methoxy groups -OCH3 is 1. The SMILES string of the molecule is CCNC(=O)C(C1CCCC1)N1CCN(C(=O)c2cccc(OC)c2)CC1. The second kappa shape index (κ2) is 9.22. The molecule has 1 aliphatic heterocycles. The van der Waals surface area contributed by atoms with Gasteiger partial charge in [0.2, 0.25) is 5.91 Å². The van der Waals surface area contributed by atoms with Gasteiger partial charge in [0.15, 0.2) is 0 Å². The molecule has 1 heterocycles. The van der Waals surface area contributed by atoms with Gasteiger partial charge in [-0.15, -0.1) is 0 Å². The van der Waals surface area contributed by atoms with E-state index in [1.54, 1.807) is 13.2 Å². The van der Waals surface area contributed by atoms with Crippen LogP contribution in [-0.4, -0.2) is 67.5 Å². The lowest BCUT2D eigenvalue weighted by Crippen LogP contribution is -2.58. The van der Waals surface area contributed by atoms with Gasteiger partial charge < -0.3 is 15.0 Å². The van der Waals surface area contributed by atoms with Crippen molar-refractivity contribution in [3.8, 4) is 5.75 Å². The van der Waals surface area contributed by atoms with Crippen molar-refractivity contribution in [3.05, 3.63) is 29.8 Å². The molecule has 2 fully saturated rings. The van der Waals surface area contributed by atoms with Crippen molar-refractivity contribution in [2.75, 3.05) is 39.8 Å². The predicted molar refractivity (Wildman–Crippen MR) is 105 cm³/mol. The van der Waals surface area contributed by atoms with Gasteiger partial charge in [-0.25, -0.2) is 0 Å². The number of benzene rings is 1. The molecule has 3 rings (SSSR count). The van der Waals surface area contributed by atoms with Crippen molar-refractivity contribution in [1.82, 2.24) is 15.1 Å². The highest BCUT2D eigenvalue weighted by Gasteiger charge is 2.37. The number of hydrogen-bond acceptors (Lipinski definition) is 4. The fourth-order valence-corrected chi connectivity index (χ4v) is 4.37. The molecule has 1 saturated heterocycles. The van der Waals surface area contributed by atoms with Gasteiger partial charge in [0.05, 0.1) is 13.2 Å². The van der Waals surface area contributed by atoms with Crippen LogP contribution in [0.15, 0.2) is 24.3 Å². The standard InChI is InChI=1S/C21H31N3O3/c1-3-22-20(25)19(16-7-4-5-8-16)23-11-13-24(14-12-23)21(26)17-9-6-10-18(15-17)27-2/h6,9-10,15-16,19H,3-5,7-8,11-14H2,1-2H3,(H,22,25). The molecule has 1 atom stereocenters. The van der Waals surface area contributed by atoms with Crippen LogP contribution in [0.5, 0.6) is 5.75 Å². The molecule has 0 radical (unpaired) electrons. The zero-order valence-corrected chi connectivity index (χ0v) is 16.4. The molecule has 148 valence electrons. The summed E-state index contributed by atoms with van der Waals surface area (Å²) in [5, 5.41) is 3.02. The van der Waals surface area contributed by atoms with Crippen molar-refractivity contribution in [3.63, 3.8) is 0 Å². The van der Waals surface area contributed by atoms with Gasteiger partial charge in [-0.2, -0.15) is 0 Å². The third kappa shape index (κ3) is 4.61. The number of carbonyl (C=O) groups is 2. The topological polar surface area (TPSA) is 61.9 Å². The van der Waals surface area contributed by atoms with Crippen LogP contribution < -0.4 is 10.1 Å². The first-order valence-electron chi connectivity index (χ1n) is 10.1. The third-order valence-electron chi connectivity index (χ3n) is 5.78. The number of ether oxygens (including phenoxy) is 1. The Kier molecular flexibility index (Phi) is 6.72. The molecule has 1 aromatic carbocycles. The van der Waals surface area contributed by atoms with E-state index in [-0.39, 0.29) is 17.9 Å². The molecule has 1 aromatic rings. The molecule has 27 heavy (non-hydrogen) atoms. The first kappa shape index (κ1) is 19.7. The van der Waals surface area contributed by atoms with Crippen LogP contribution in [0.3, 0.4) is 0 Å². The molecule has 1 N–H and O–H groups in total. The quantitative estimate of drug-likeness (QED) is 0.830. The molecule has 2 amide bonds. The number of amides is 2. The van der Waals surface area contributed by atoms with E-state index in [9.17, 15) is 9.59 Å². The number of carbonyl (C=O) groups excluding carboxylic acids is 2. The van der Waals surface area contributed by atoms with E-state index in [0.717, 1.165) is 25.9 Å². The van der Waals surface area contributed by atoms with E-state index in [1.165, 1.54) is 12.8 Å². The van der Waals surface area contributed by atoms with E-state index in [2.05, 4.69) is 10.2 Å². The highest BCUT2D eigenvalue weighted by atomic mass is 16.5.